The van der Waals surface area contributed by atoms with Crippen molar-refractivity contribution in [3.8, 4) is 0 Å². The number of nitrogens with one attached hydrogen (secondary N) is 1. The maximum absolute atomic E-state index is 12.0. The predicted octanol–water partition coefficient (Wildman–Crippen LogP) is 4.89. The maximum Gasteiger partial charge on any atom is 0.251 e. The molecule has 0 spiro atoms. The van der Waals surface area contributed by atoms with Crippen molar-refractivity contribution in [2.45, 2.75) is 39.0 Å². The normalized spacial score (nSPS) is 22.6. The summed E-state index contributed by atoms with van der Waals surface area (Å²) in [4.78, 5) is 12.0. The van der Waals surface area contributed by atoms with Crippen molar-refractivity contribution in [3.05, 3.63) is 32.4 Å². The van der Waals surface area contributed by atoms with E-state index < -0.39 is 0 Å². The molecule has 1 aliphatic rings. The molecule has 0 saturated heterocycles. The van der Waals surface area contributed by atoms with Gasteiger partial charge in [0.1, 0.15) is 0 Å². The minimum Gasteiger partial charge on any atom is -0.352 e. The number of benzene rings is 1. The van der Waals surface area contributed by atoms with Gasteiger partial charge < -0.3 is 5.32 Å². The lowest BCUT2D eigenvalue weighted by Crippen LogP contribution is -2.26. The minimum absolute atomic E-state index is 0.0209. The maximum atomic E-state index is 12.0. The summed E-state index contributed by atoms with van der Waals surface area (Å²) in [7, 11) is 0. The Labute approximate surface area is 139 Å². The average Bonchev–Trinajstić information content (AvgIpc) is 2.44. The number of halogens is 2. The van der Waals surface area contributed by atoms with Gasteiger partial charge in [-0.05, 0) is 59.0 Å². The molecule has 1 aromatic rings. The highest BCUT2D eigenvalue weighted by atomic mass is 127. The molecular weight excluding hydrogens is 385 g/mol. The topological polar surface area (TPSA) is 29.1 Å². The second kappa shape index (κ2) is 7.64. The number of hydrogen-bond acceptors (Lipinski definition) is 1. The summed E-state index contributed by atoms with van der Waals surface area (Å²) < 4.78 is 0.970. The first-order valence-corrected chi connectivity index (χ1v) is 8.75. The molecule has 0 aliphatic heterocycles. The van der Waals surface area contributed by atoms with Gasteiger partial charge in [0.25, 0.3) is 5.91 Å². The first-order valence-electron chi connectivity index (χ1n) is 7.29. The molecule has 2 rings (SSSR count). The monoisotopic (exact) mass is 405 g/mol. The number of amides is 1. The lowest BCUT2D eigenvalue weighted by atomic mass is 9.81. The van der Waals surface area contributed by atoms with E-state index in [9.17, 15) is 4.79 Å². The van der Waals surface area contributed by atoms with Crippen LogP contribution in [-0.4, -0.2) is 12.5 Å². The quantitative estimate of drug-likeness (QED) is 0.710. The molecule has 1 saturated carbocycles. The molecule has 20 heavy (non-hydrogen) atoms. The van der Waals surface area contributed by atoms with E-state index in [1.165, 1.54) is 25.7 Å². The van der Waals surface area contributed by atoms with Gasteiger partial charge in [0.15, 0.2) is 0 Å². The number of carbonyl (C=O) groups excluding carboxylic acids is 1. The van der Waals surface area contributed by atoms with E-state index >= 15 is 0 Å². The fraction of sp³-hybridized carbons (Fsp3) is 0.562. The van der Waals surface area contributed by atoms with E-state index in [1.54, 1.807) is 6.07 Å². The van der Waals surface area contributed by atoms with Crippen LogP contribution in [0.5, 0.6) is 0 Å². The van der Waals surface area contributed by atoms with E-state index in [4.69, 9.17) is 11.6 Å². The van der Waals surface area contributed by atoms with Crippen LogP contribution in [0.2, 0.25) is 5.02 Å². The van der Waals surface area contributed by atoms with Gasteiger partial charge in [-0.25, -0.2) is 0 Å². The number of carbonyl (C=O) groups is 1. The Hall–Kier alpha value is -0.290. The third-order valence-corrected chi connectivity index (χ3v) is 5.73. The SMILES string of the molecule is CC1CCC(CCNC(=O)c2ccc(I)c(Cl)c2)CC1. The Balaban J connectivity index is 1.76. The molecule has 0 radical (unpaired) electrons. The highest BCUT2D eigenvalue weighted by Crippen LogP contribution is 2.30. The Morgan fingerprint density at radius 2 is 2.05 bits per heavy atom. The van der Waals surface area contributed by atoms with Crippen LogP contribution in [0, 0.1) is 15.4 Å². The largest absolute Gasteiger partial charge is 0.352 e. The third kappa shape index (κ3) is 4.62. The van der Waals surface area contributed by atoms with Gasteiger partial charge in [0.05, 0.1) is 5.02 Å². The van der Waals surface area contributed by atoms with Gasteiger partial charge in [0, 0.05) is 15.7 Å². The molecule has 0 bridgehead atoms. The molecule has 4 heteroatoms. The molecule has 2 nitrogen and oxygen atoms in total. The lowest BCUT2D eigenvalue weighted by Gasteiger charge is -2.26. The highest BCUT2D eigenvalue weighted by Gasteiger charge is 2.18. The van der Waals surface area contributed by atoms with Crippen molar-refractivity contribution in [2.75, 3.05) is 6.54 Å². The summed E-state index contributed by atoms with van der Waals surface area (Å²) in [6.45, 7) is 3.10. The Morgan fingerprint density at radius 3 is 2.70 bits per heavy atom. The summed E-state index contributed by atoms with van der Waals surface area (Å²) in [5, 5.41) is 3.64. The van der Waals surface area contributed by atoms with Gasteiger partial charge in [-0.2, -0.15) is 0 Å². The summed E-state index contributed by atoms with van der Waals surface area (Å²) in [6, 6.07) is 5.44. The zero-order valence-corrected chi connectivity index (χ0v) is 14.7. The van der Waals surface area contributed by atoms with Crippen molar-refractivity contribution < 1.29 is 4.79 Å². The summed E-state index contributed by atoms with van der Waals surface area (Å²) in [5.41, 5.74) is 0.646. The Kier molecular flexibility index (Phi) is 6.15. The third-order valence-electron chi connectivity index (χ3n) is 4.16. The summed E-state index contributed by atoms with van der Waals surface area (Å²) in [5.74, 6) is 1.65. The predicted molar refractivity (Wildman–Crippen MR) is 92.2 cm³/mol. The first kappa shape index (κ1) is 16.1. The van der Waals surface area contributed by atoms with Gasteiger partial charge in [0.2, 0.25) is 0 Å². The molecule has 0 aromatic heterocycles. The van der Waals surface area contributed by atoms with Gasteiger partial charge in [-0.15, -0.1) is 0 Å². The molecule has 1 N–H and O–H groups in total. The smallest absolute Gasteiger partial charge is 0.251 e. The number of hydrogen-bond donors (Lipinski definition) is 1. The Bertz CT molecular complexity index is 470. The van der Waals surface area contributed by atoms with Gasteiger partial charge in [-0.1, -0.05) is 44.2 Å². The van der Waals surface area contributed by atoms with Gasteiger partial charge >= 0.3 is 0 Å². The summed E-state index contributed by atoms with van der Waals surface area (Å²) >= 11 is 8.20. The van der Waals surface area contributed by atoms with Crippen LogP contribution in [0.25, 0.3) is 0 Å². The Morgan fingerprint density at radius 1 is 1.35 bits per heavy atom. The average molecular weight is 406 g/mol. The van der Waals surface area contributed by atoms with Crippen LogP contribution >= 0.6 is 34.2 Å². The minimum atomic E-state index is -0.0209. The molecule has 0 heterocycles. The van der Waals surface area contributed by atoms with E-state index in [2.05, 4.69) is 34.8 Å². The molecule has 0 unspecified atom stereocenters. The fourth-order valence-electron chi connectivity index (χ4n) is 2.75. The van der Waals surface area contributed by atoms with E-state index in [1.807, 2.05) is 12.1 Å². The van der Waals surface area contributed by atoms with Crippen LogP contribution in [-0.2, 0) is 0 Å². The van der Waals surface area contributed by atoms with E-state index in [0.29, 0.717) is 10.6 Å². The summed E-state index contributed by atoms with van der Waals surface area (Å²) in [6.07, 6.45) is 6.39. The highest BCUT2D eigenvalue weighted by molar-refractivity contribution is 14.1. The molecule has 1 fully saturated rings. The van der Waals surface area contributed by atoms with Crippen LogP contribution in [0.3, 0.4) is 0 Å². The second-order valence-electron chi connectivity index (χ2n) is 5.80. The first-order chi connectivity index (χ1) is 9.56. The van der Waals surface area contributed by atoms with E-state index in [0.717, 1.165) is 28.4 Å². The zero-order chi connectivity index (χ0) is 14.5. The van der Waals surface area contributed by atoms with Crippen LogP contribution in [0.15, 0.2) is 18.2 Å². The van der Waals surface area contributed by atoms with Crippen molar-refractivity contribution in [1.82, 2.24) is 5.32 Å². The molecule has 1 amide bonds. The second-order valence-corrected chi connectivity index (χ2v) is 7.37. The standard InChI is InChI=1S/C16H21ClINO/c1-11-2-4-12(5-3-11)8-9-19-16(20)13-6-7-15(18)14(17)10-13/h6-7,10-12H,2-5,8-9H2,1H3,(H,19,20). The zero-order valence-electron chi connectivity index (χ0n) is 11.8. The molecular formula is C16H21ClINO. The van der Waals surface area contributed by atoms with E-state index in [-0.39, 0.29) is 5.91 Å². The molecule has 0 atom stereocenters. The van der Waals surface area contributed by atoms with Crippen molar-refractivity contribution in [3.63, 3.8) is 0 Å². The molecule has 110 valence electrons. The van der Waals surface area contributed by atoms with Gasteiger partial charge in [-0.3, -0.25) is 4.79 Å². The van der Waals surface area contributed by atoms with Crippen LogP contribution in [0.1, 0.15) is 49.4 Å². The lowest BCUT2D eigenvalue weighted by molar-refractivity contribution is 0.0949. The fourth-order valence-corrected chi connectivity index (χ4v) is 3.26. The molecule has 1 aromatic carbocycles. The van der Waals surface area contributed by atoms with Crippen molar-refractivity contribution in [1.29, 1.82) is 0 Å². The van der Waals surface area contributed by atoms with Crippen molar-refractivity contribution in [2.24, 2.45) is 11.8 Å². The van der Waals surface area contributed by atoms with Crippen LogP contribution < -0.4 is 5.32 Å². The number of rotatable bonds is 4. The van der Waals surface area contributed by atoms with Crippen LogP contribution in [0.4, 0.5) is 0 Å². The molecule has 1 aliphatic carbocycles. The van der Waals surface area contributed by atoms with Crippen molar-refractivity contribution >= 4 is 40.1 Å².